The Balaban J connectivity index is 0. The summed E-state index contributed by atoms with van der Waals surface area (Å²) in [5.41, 5.74) is 5.02. The van der Waals surface area contributed by atoms with Crippen molar-refractivity contribution in [3.8, 4) is 0 Å². The van der Waals surface area contributed by atoms with Crippen molar-refractivity contribution in [1.29, 1.82) is 0 Å². The fraction of sp³-hybridized carbons (Fsp3) is 0.900. The van der Waals surface area contributed by atoms with E-state index in [0.29, 0.717) is 6.42 Å². The normalized spacial score (nSPS) is 10.1. The van der Waals surface area contributed by atoms with Crippen LogP contribution in [0.5, 0.6) is 0 Å². The maximum atomic E-state index is 10.4. The lowest BCUT2D eigenvalue weighted by Gasteiger charge is -1.98. The number of carbonyl (C=O) groups is 1. The molecule has 0 fully saturated rings. The fourth-order valence-corrected chi connectivity index (χ4v) is 1.26. The Morgan fingerprint density at radius 1 is 1.08 bits per heavy atom. The summed E-state index contributed by atoms with van der Waals surface area (Å²) in [6.45, 7) is 2.22. The lowest BCUT2D eigenvalue weighted by atomic mass is 10.1. The van der Waals surface area contributed by atoms with Gasteiger partial charge in [-0.15, -0.1) is 0 Å². The molecule has 0 aliphatic carbocycles. The number of primary amides is 1. The molecule has 0 aliphatic heterocycles. The van der Waals surface area contributed by atoms with Gasteiger partial charge in [0.2, 0.25) is 5.91 Å². The van der Waals surface area contributed by atoms with Gasteiger partial charge in [-0.1, -0.05) is 45.4 Å². The van der Waals surface area contributed by atoms with Gasteiger partial charge in [-0.3, -0.25) is 4.79 Å². The van der Waals surface area contributed by atoms with Gasteiger partial charge in [0.25, 0.3) is 0 Å². The molecule has 0 rings (SSSR count). The van der Waals surface area contributed by atoms with Crippen molar-refractivity contribution in [1.82, 2.24) is 0 Å². The van der Waals surface area contributed by atoms with Gasteiger partial charge < -0.3 is 5.73 Å². The number of nitrogens with two attached hydrogens (primary N) is 1. The molecule has 0 aromatic rings. The lowest BCUT2D eigenvalue weighted by molar-refractivity contribution is -0.118. The average Bonchev–Trinajstić information content (AvgIpc) is 2.02. The molecule has 0 spiro atoms. The summed E-state index contributed by atoms with van der Waals surface area (Å²) >= 11 is 0. The third kappa shape index (κ3) is 9.47. The van der Waals surface area contributed by atoms with Crippen LogP contribution in [0.15, 0.2) is 0 Å². The van der Waals surface area contributed by atoms with Crippen LogP contribution in [0.1, 0.15) is 59.7 Å². The Hall–Kier alpha value is -0.530. The summed E-state index contributed by atoms with van der Waals surface area (Å²) in [6, 6.07) is 0. The molecule has 0 aliphatic rings. The Kier molecular flexibility index (Phi) is 8.19. The number of hydrogen-bond acceptors (Lipinski definition) is 1. The van der Waals surface area contributed by atoms with Crippen molar-refractivity contribution < 1.29 is 6.22 Å². The summed E-state index contributed by atoms with van der Waals surface area (Å²) in [5.74, 6) is -0.163. The highest BCUT2D eigenvalue weighted by atomic mass is 16.1. The minimum Gasteiger partial charge on any atom is -0.370 e. The number of carbonyl (C=O) groups excluding carboxylic acids is 1. The van der Waals surface area contributed by atoms with E-state index in [-0.39, 0.29) is 7.33 Å². The van der Waals surface area contributed by atoms with Crippen LogP contribution in [-0.2, 0) is 4.79 Å². The van der Waals surface area contributed by atoms with E-state index in [1.807, 2.05) is 0 Å². The van der Waals surface area contributed by atoms with Crippen LogP contribution in [0.4, 0.5) is 0 Å². The lowest BCUT2D eigenvalue weighted by Crippen LogP contribution is -2.09. The van der Waals surface area contributed by atoms with E-state index >= 15 is 0 Å². The first-order chi connectivity index (χ1) is 5.77. The molecule has 0 aromatic heterocycles. The van der Waals surface area contributed by atoms with Crippen molar-refractivity contribution in [3.63, 3.8) is 0 Å². The first kappa shape index (κ1) is 11.5. The predicted octanol–water partition coefficient (Wildman–Crippen LogP) is 2.86. The molecule has 0 bridgehead atoms. The maximum Gasteiger partial charge on any atom is 0.217 e. The summed E-state index contributed by atoms with van der Waals surface area (Å²) in [6.07, 6.45) is 9.24. The maximum absolute atomic E-state index is 10.4. The minimum atomic E-state index is -0.163. The van der Waals surface area contributed by atoms with E-state index in [9.17, 15) is 4.79 Å². The first-order valence-electron chi connectivity index (χ1n) is 5.05. The second kappa shape index (κ2) is 8.57. The Bertz CT molecular complexity index is 117. The quantitative estimate of drug-likeness (QED) is 0.563. The first-order valence-corrected chi connectivity index (χ1v) is 5.05. The van der Waals surface area contributed by atoms with E-state index in [2.05, 4.69) is 6.92 Å². The Morgan fingerprint density at radius 3 is 2.08 bits per heavy atom. The second-order valence-corrected chi connectivity index (χ2v) is 3.34. The van der Waals surface area contributed by atoms with Crippen LogP contribution in [0.25, 0.3) is 0 Å². The van der Waals surface area contributed by atoms with Crippen molar-refractivity contribution in [2.75, 3.05) is 0 Å². The fourth-order valence-electron chi connectivity index (χ4n) is 1.26. The number of amides is 1. The molecule has 2 nitrogen and oxygen atoms in total. The highest BCUT2D eigenvalue weighted by Crippen LogP contribution is 2.07. The van der Waals surface area contributed by atoms with E-state index in [1.54, 1.807) is 0 Å². The zero-order valence-electron chi connectivity index (χ0n) is 8.14. The Morgan fingerprint density at radius 2 is 1.58 bits per heavy atom. The third-order valence-electron chi connectivity index (χ3n) is 2.03. The van der Waals surface area contributed by atoms with Gasteiger partial charge in [0.15, 0.2) is 0 Å². The van der Waals surface area contributed by atoms with Gasteiger partial charge in [0, 0.05) is 7.85 Å². The largest absolute Gasteiger partial charge is 0.370 e. The molecule has 12 heavy (non-hydrogen) atoms. The molecule has 0 saturated heterocycles. The van der Waals surface area contributed by atoms with Crippen molar-refractivity contribution in [2.45, 2.75) is 58.3 Å². The monoisotopic (exact) mass is 173 g/mol. The standard InChI is InChI=1S/C10H21NO.H2/c1-2-3-4-5-6-7-8-9-10(11)12;/h2-9H2,1H3,(H2,11,12);1H. The zero-order valence-corrected chi connectivity index (χ0v) is 8.14. The Labute approximate surface area is 77.0 Å². The summed E-state index contributed by atoms with van der Waals surface area (Å²) < 4.78 is 0. The van der Waals surface area contributed by atoms with Crippen LogP contribution in [0, 0.1) is 0 Å². The van der Waals surface area contributed by atoms with E-state index < -0.39 is 0 Å². The third-order valence-corrected chi connectivity index (χ3v) is 2.03. The second-order valence-electron chi connectivity index (χ2n) is 3.34. The highest BCUT2D eigenvalue weighted by Gasteiger charge is 1.94. The van der Waals surface area contributed by atoms with Crippen molar-refractivity contribution >= 4 is 5.91 Å². The number of unbranched alkanes of at least 4 members (excludes halogenated alkanes) is 6. The van der Waals surface area contributed by atoms with Crippen LogP contribution in [0.3, 0.4) is 0 Å². The topological polar surface area (TPSA) is 43.1 Å². The van der Waals surface area contributed by atoms with Crippen molar-refractivity contribution in [2.24, 2.45) is 5.73 Å². The molecule has 0 radical (unpaired) electrons. The zero-order chi connectivity index (χ0) is 9.23. The molecule has 2 N–H and O–H groups in total. The molecule has 0 unspecified atom stereocenters. The minimum absolute atomic E-state index is 0. The summed E-state index contributed by atoms with van der Waals surface area (Å²) in [4.78, 5) is 10.4. The molecule has 0 aromatic carbocycles. The van der Waals surface area contributed by atoms with Crippen LogP contribution in [0.2, 0.25) is 0 Å². The van der Waals surface area contributed by atoms with E-state index in [0.717, 1.165) is 12.8 Å². The highest BCUT2D eigenvalue weighted by molar-refractivity contribution is 5.73. The van der Waals surface area contributed by atoms with Gasteiger partial charge in [-0.25, -0.2) is 0 Å². The number of rotatable bonds is 8. The van der Waals surface area contributed by atoms with Gasteiger partial charge >= 0.3 is 0 Å². The van der Waals surface area contributed by atoms with Crippen LogP contribution < -0.4 is 5.73 Å². The summed E-state index contributed by atoms with van der Waals surface area (Å²) in [5, 5.41) is 0. The summed E-state index contributed by atoms with van der Waals surface area (Å²) in [7, 11) is 0. The van der Waals surface area contributed by atoms with Crippen LogP contribution >= 0.6 is 0 Å². The molecule has 0 atom stereocenters. The van der Waals surface area contributed by atoms with Gasteiger partial charge in [-0.2, -0.15) is 0 Å². The van der Waals surface area contributed by atoms with Gasteiger partial charge in [0.05, 0.1) is 0 Å². The molecule has 1 amide bonds. The SMILES string of the molecule is CCCCCCCCCC(N)=O.[HH]. The van der Waals surface area contributed by atoms with Gasteiger partial charge in [-0.05, 0) is 6.42 Å². The van der Waals surface area contributed by atoms with E-state index in [4.69, 9.17) is 5.73 Å². The molecule has 0 saturated carbocycles. The van der Waals surface area contributed by atoms with Crippen LogP contribution in [-0.4, -0.2) is 5.91 Å². The molecular formula is C10H23NO. The predicted molar refractivity (Wildman–Crippen MR) is 53.9 cm³/mol. The number of hydrogen-bond donors (Lipinski definition) is 1. The van der Waals surface area contributed by atoms with Gasteiger partial charge in [0.1, 0.15) is 0 Å². The molecular weight excluding hydrogens is 150 g/mol. The molecule has 74 valence electrons. The van der Waals surface area contributed by atoms with E-state index in [1.165, 1.54) is 32.1 Å². The smallest absolute Gasteiger partial charge is 0.217 e. The average molecular weight is 173 g/mol. The molecule has 2 heteroatoms. The van der Waals surface area contributed by atoms with Crippen molar-refractivity contribution in [3.05, 3.63) is 0 Å². The molecule has 0 heterocycles.